The summed E-state index contributed by atoms with van der Waals surface area (Å²) in [5, 5.41) is 6.98. The summed E-state index contributed by atoms with van der Waals surface area (Å²) >= 11 is 5.00. The Kier molecular flexibility index (Phi) is 7.51. The van der Waals surface area contributed by atoms with Gasteiger partial charge in [-0.2, -0.15) is 0 Å². The maximum atomic E-state index is 13.0. The summed E-state index contributed by atoms with van der Waals surface area (Å²) in [5.41, 5.74) is 0.850. The summed E-state index contributed by atoms with van der Waals surface area (Å²) in [6.07, 6.45) is 0.847. The third kappa shape index (κ3) is 6.57. The Bertz CT molecular complexity index is 870. The normalized spacial score (nSPS) is 11.8. The van der Waals surface area contributed by atoms with Crippen LogP contribution in [0.2, 0.25) is 0 Å². The molecule has 0 fully saturated rings. The third-order valence-electron chi connectivity index (χ3n) is 4.19. The number of rotatable bonds is 7. The highest BCUT2D eigenvalue weighted by atomic mass is 79.9. The predicted molar refractivity (Wildman–Crippen MR) is 123 cm³/mol. The quantitative estimate of drug-likeness (QED) is 0.525. The number of ether oxygens (including phenoxy) is 1. The van der Waals surface area contributed by atoms with Crippen LogP contribution >= 0.6 is 27.3 Å². The topological polar surface area (TPSA) is 67.4 Å². The second-order valence-electron chi connectivity index (χ2n) is 8.45. The summed E-state index contributed by atoms with van der Waals surface area (Å²) in [7, 11) is 0. The van der Waals surface area contributed by atoms with Crippen molar-refractivity contribution in [3.05, 3.63) is 50.8 Å². The molecule has 158 valence electrons. The maximum Gasteiger partial charge on any atom is 0.331 e. The Morgan fingerprint density at radius 1 is 1.10 bits per heavy atom. The van der Waals surface area contributed by atoms with Crippen LogP contribution in [-0.4, -0.2) is 29.6 Å². The number of hydrogen-bond acceptors (Lipinski definition) is 5. The largest absolute Gasteiger partial charge is 0.458 e. The van der Waals surface area contributed by atoms with E-state index < -0.39 is 17.1 Å². The van der Waals surface area contributed by atoms with E-state index in [0.29, 0.717) is 12.1 Å². The molecule has 0 radical (unpaired) electrons. The molecule has 0 aliphatic heterocycles. The molecule has 1 aromatic carbocycles. The Balaban J connectivity index is 2.12. The van der Waals surface area contributed by atoms with Crippen molar-refractivity contribution in [3.8, 4) is 0 Å². The predicted octanol–water partition coefficient (Wildman–Crippen LogP) is 5.32. The first-order chi connectivity index (χ1) is 13.4. The van der Waals surface area contributed by atoms with Crippen molar-refractivity contribution in [2.45, 2.75) is 59.1 Å². The molecule has 1 heterocycles. The molecular weight excluding hydrogens is 452 g/mol. The van der Waals surface area contributed by atoms with Gasteiger partial charge in [-0.1, -0.05) is 30.3 Å². The third-order valence-corrected chi connectivity index (χ3v) is 6.31. The number of carbonyl (C=O) groups excluding carboxylic acids is 2. The van der Waals surface area contributed by atoms with Crippen LogP contribution in [0.4, 0.5) is 5.00 Å². The fraction of sp³-hybridized carbons (Fsp3) is 0.455. The molecule has 0 aliphatic rings. The van der Waals surface area contributed by atoms with E-state index in [0.717, 1.165) is 20.8 Å². The second kappa shape index (κ2) is 9.30. The molecule has 29 heavy (non-hydrogen) atoms. The van der Waals surface area contributed by atoms with Gasteiger partial charge >= 0.3 is 5.97 Å². The first kappa shape index (κ1) is 23.4. The highest BCUT2D eigenvalue weighted by molar-refractivity contribution is 9.11. The summed E-state index contributed by atoms with van der Waals surface area (Å²) in [6, 6.07) is 10.2. The number of halogens is 1. The lowest BCUT2D eigenvalue weighted by Crippen LogP contribution is -2.52. The van der Waals surface area contributed by atoms with Crippen LogP contribution in [0.3, 0.4) is 0 Å². The van der Waals surface area contributed by atoms with E-state index in [1.165, 1.54) is 16.9 Å². The molecule has 0 saturated heterocycles. The van der Waals surface area contributed by atoms with Crippen LogP contribution in [0.25, 0.3) is 0 Å². The van der Waals surface area contributed by atoms with E-state index in [4.69, 9.17) is 4.74 Å². The fourth-order valence-corrected chi connectivity index (χ4v) is 4.29. The van der Waals surface area contributed by atoms with Crippen molar-refractivity contribution >= 4 is 44.1 Å². The molecule has 7 heteroatoms. The van der Waals surface area contributed by atoms with Crippen molar-refractivity contribution in [2.24, 2.45) is 0 Å². The standard InChI is InChI=1S/C22H29BrN2O3S/c1-14-16(18(26)25-22(5,6)20(27)28-21(2,3)4)19(29-17(14)23)24-13-12-15-10-8-7-9-11-15/h7-11,24H,12-13H2,1-6H3,(H,25,26). The zero-order valence-corrected chi connectivity index (χ0v) is 20.2. The minimum atomic E-state index is -1.15. The average molecular weight is 481 g/mol. The SMILES string of the molecule is Cc1c(Br)sc(NCCc2ccccc2)c1C(=O)NC(C)(C)C(=O)OC(C)(C)C. The van der Waals surface area contributed by atoms with Gasteiger partial charge in [-0.3, -0.25) is 4.79 Å². The Hall–Kier alpha value is -1.86. The van der Waals surface area contributed by atoms with Gasteiger partial charge in [-0.05, 0) is 75.0 Å². The van der Waals surface area contributed by atoms with Crippen LogP contribution in [0, 0.1) is 6.92 Å². The molecule has 0 unspecified atom stereocenters. The molecule has 0 atom stereocenters. The van der Waals surface area contributed by atoms with Crippen LogP contribution in [0.15, 0.2) is 34.1 Å². The van der Waals surface area contributed by atoms with Gasteiger partial charge in [0.25, 0.3) is 5.91 Å². The number of hydrogen-bond donors (Lipinski definition) is 2. The van der Waals surface area contributed by atoms with Crippen molar-refractivity contribution in [3.63, 3.8) is 0 Å². The van der Waals surface area contributed by atoms with E-state index in [2.05, 4.69) is 38.7 Å². The molecule has 2 rings (SSSR count). The van der Waals surface area contributed by atoms with Crippen LogP contribution in [-0.2, 0) is 16.0 Å². The summed E-state index contributed by atoms with van der Waals surface area (Å²) in [6.45, 7) is 11.3. The number of thiophene rings is 1. The van der Waals surface area contributed by atoms with Crippen LogP contribution in [0.5, 0.6) is 0 Å². The summed E-state index contributed by atoms with van der Waals surface area (Å²) in [5.74, 6) is -0.772. The number of benzene rings is 1. The molecule has 1 amide bonds. The van der Waals surface area contributed by atoms with Gasteiger partial charge < -0.3 is 15.4 Å². The minimum absolute atomic E-state index is 0.303. The molecule has 2 N–H and O–H groups in total. The van der Waals surface area contributed by atoms with E-state index in [1.807, 2.05) is 25.1 Å². The van der Waals surface area contributed by atoms with Crippen molar-refractivity contribution < 1.29 is 14.3 Å². The molecule has 0 aliphatic carbocycles. The van der Waals surface area contributed by atoms with E-state index in [9.17, 15) is 9.59 Å². The van der Waals surface area contributed by atoms with Crippen molar-refractivity contribution in [1.82, 2.24) is 5.32 Å². The van der Waals surface area contributed by atoms with Gasteiger partial charge in [0, 0.05) is 6.54 Å². The smallest absolute Gasteiger partial charge is 0.331 e. The fourth-order valence-electron chi connectivity index (χ4n) is 2.65. The summed E-state index contributed by atoms with van der Waals surface area (Å²) < 4.78 is 6.33. The van der Waals surface area contributed by atoms with E-state index >= 15 is 0 Å². The monoisotopic (exact) mass is 480 g/mol. The van der Waals surface area contributed by atoms with Gasteiger partial charge in [-0.15, -0.1) is 11.3 Å². The Morgan fingerprint density at radius 3 is 2.31 bits per heavy atom. The van der Waals surface area contributed by atoms with Crippen LogP contribution in [0.1, 0.15) is 56.1 Å². The highest BCUT2D eigenvalue weighted by Crippen LogP contribution is 2.37. The Labute approximate surface area is 185 Å². The second-order valence-corrected chi connectivity index (χ2v) is 10.8. The molecular formula is C22H29BrN2O3S. The van der Waals surface area contributed by atoms with Gasteiger partial charge in [0.2, 0.25) is 0 Å². The lowest BCUT2D eigenvalue weighted by molar-refractivity contribution is -0.161. The van der Waals surface area contributed by atoms with E-state index in [-0.39, 0.29) is 5.91 Å². The maximum absolute atomic E-state index is 13.0. The zero-order chi connectivity index (χ0) is 21.8. The lowest BCUT2D eigenvalue weighted by Gasteiger charge is -2.29. The molecule has 0 bridgehead atoms. The molecule has 5 nitrogen and oxygen atoms in total. The number of nitrogens with one attached hydrogen (secondary N) is 2. The summed E-state index contributed by atoms with van der Waals surface area (Å²) in [4.78, 5) is 25.5. The number of esters is 1. The number of amides is 1. The van der Waals surface area contributed by atoms with Crippen LogP contribution < -0.4 is 10.6 Å². The average Bonchev–Trinajstić information content (AvgIpc) is 2.88. The molecule has 1 aromatic heterocycles. The van der Waals surface area contributed by atoms with Crippen molar-refractivity contribution in [2.75, 3.05) is 11.9 Å². The lowest BCUT2D eigenvalue weighted by atomic mass is 10.0. The highest BCUT2D eigenvalue weighted by Gasteiger charge is 2.35. The zero-order valence-electron chi connectivity index (χ0n) is 17.8. The first-order valence-corrected chi connectivity index (χ1v) is 11.1. The van der Waals surface area contributed by atoms with Gasteiger partial charge in [-0.25, -0.2) is 4.79 Å². The number of carbonyl (C=O) groups is 2. The Morgan fingerprint density at radius 2 is 1.72 bits per heavy atom. The van der Waals surface area contributed by atoms with Crippen molar-refractivity contribution in [1.29, 1.82) is 0 Å². The number of anilines is 1. The van der Waals surface area contributed by atoms with E-state index in [1.54, 1.807) is 34.6 Å². The molecule has 0 spiro atoms. The minimum Gasteiger partial charge on any atom is -0.458 e. The van der Waals surface area contributed by atoms with Gasteiger partial charge in [0.05, 0.1) is 9.35 Å². The first-order valence-electron chi connectivity index (χ1n) is 9.53. The van der Waals surface area contributed by atoms with Gasteiger partial charge in [0.1, 0.15) is 16.1 Å². The molecule has 0 saturated carbocycles. The van der Waals surface area contributed by atoms with Gasteiger partial charge in [0.15, 0.2) is 0 Å². The molecule has 2 aromatic rings.